The van der Waals surface area contributed by atoms with Gasteiger partial charge in [-0.25, -0.2) is 29.1 Å². The van der Waals surface area contributed by atoms with Crippen LogP contribution in [0.15, 0.2) is 73.2 Å². The standard InChI is InChI=1S/C40H31IN6O8S4/c1-50-27-13-14-42-31-33(27)53-39(56)46(35(31)48)37-44-25-12-10-23(17-30(25)58-37)52-21-8-4-5-19(15-21)26-18-28(55-41)34-32(43-26)36(49)47(40(57)54-34)38-45-24-11-9-22(16-29(24)59-38)51-20-6-2-3-7-20/h9-14,16-21H,2-8,15H2,1H3. The second-order valence-corrected chi connectivity index (χ2v) is 17.5. The molecule has 2 aliphatic rings. The van der Waals surface area contributed by atoms with E-state index in [2.05, 4.69) is 9.97 Å². The molecule has 2 atom stereocenters. The van der Waals surface area contributed by atoms with Crippen molar-refractivity contribution in [2.24, 2.45) is 0 Å². The molecule has 300 valence electrons. The van der Waals surface area contributed by atoms with Gasteiger partial charge < -0.3 is 26.1 Å². The van der Waals surface area contributed by atoms with Gasteiger partial charge in [0.1, 0.15) is 11.5 Å². The zero-order valence-electron chi connectivity index (χ0n) is 31.0. The summed E-state index contributed by atoms with van der Waals surface area (Å²) in [5.74, 6) is 2.15. The Hall–Kier alpha value is -4.83. The minimum absolute atomic E-state index is 0.0276. The first-order valence-corrected chi connectivity index (χ1v) is 22.2. The Morgan fingerprint density at radius 3 is 1.95 bits per heavy atom. The van der Waals surface area contributed by atoms with Crippen molar-refractivity contribution in [3.05, 3.63) is 90.8 Å². The van der Waals surface area contributed by atoms with E-state index in [1.54, 1.807) is 29.1 Å². The van der Waals surface area contributed by atoms with Crippen LogP contribution in [0.5, 0.6) is 23.0 Å². The van der Waals surface area contributed by atoms with Crippen molar-refractivity contribution >= 4 is 113 Å². The van der Waals surface area contributed by atoms with Crippen molar-refractivity contribution in [3.63, 3.8) is 0 Å². The van der Waals surface area contributed by atoms with E-state index >= 15 is 0 Å². The molecule has 2 saturated carbocycles. The summed E-state index contributed by atoms with van der Waals surface area (Å²) in [7, 11) is 1.48. The first kappa shape index (κ1) is 38.4. The number of methoxy groups -OCH3 is 1. The third kappa shape index (κ3) is 7.09. The average molecular weight is 979 g/mol. The van der Waals surface area contributed by atoms with Crippen LogP contribution < -0.4 is 28.4 Å². The second kappa shape index (κ2) is 15.6. The molecular formula is C40H31IN6O8S4. The molecule has 6 heterocycles. The molecule has 2 aromatic carbocycles. The number of rotatable bonds is 9. The highest BCUT2D eigenvalue weighted by Gasteiger charge is 2.29. The maximum Gasteiger partial charge on any atom is 0.290 e. The SMILES string of the molecule is COc1ccnc2c(=O)n(-c3nc4ccc(OC5CCCC(c6cc(OI)c7oc(=S)n(-c8nc9ccc(OC%10CCCC%10)cc9s8)c(=O)c7n6)C5)cc4s3)c(=S)oc12. The number of halogens is 1. The van der Waals surface area contributed by atoms with Gasteiger partial charge in [-0.15, -0.1) is 0 Å². The summed E-state index contributed by atoms with van der Waals surface area (Å²) in [6.07, 6.45) is 9.26. The van der Waals surface area contributed by atoms with Crippen LogP contribution in [-0.2, 0) is 0 Å². The normalized spacial score (nSPS) is 17.3. The van der Waals surface area contributed by atoms with E-state index in [1.165, 1.54) is 58.0 Å². The summed E-state index contributed by atoms with van der Waals surface area (Å²) < 4.78 is 39.9. The Balaban J connectivity index is 0.919. The van der Waals surface area contributed by atoms with Crippen molar-refractivity contribution in [2.75, 3.05) is 7.11 Å². The van der Waals surface area contributed by atoms with E-state index in [1.807, 2.05) is 42.5 Å². The van der Waals surface area contributed by atoms with Gasteiger partial charge in [0, 0.05) is 29.9 Å². The van der Waals surface area contributed by atoms with Crippen LogP contribution in [0.2, 0.25) is 0 Å². The predicted molar refractivity (Wildman–Crippen MR) is 237 cm³/mol. The molecule has 0 aliphatic heterocycles. The van der Waals surface area contributed by atoms with Crippen molar-refractivity contribution in [1.29, 1.82) is 0 Å². The van der Waals surface area contributed by atoms with Crippen molar-refractivity contribution in [3.8, 4) is 33.3 Å². The fourth-order valence-electron chi connectivity index (χ4n) is 7.89. The van der Waals surface area contributed by atoms with Crippen molar-refractivity contribution in [1.82, 2.24) is 29.1 Å². The van der Waals surface area contributed by atoms with E-state index < -0.39 is 11.1 Å². The van der Waals surface area contributed by atoms with Gasteiger partial charge in [0.05, 0.1) is 39.8 Å². The molecule has 0 bridgehead atoms. The van der Waals surface area contributed by atoms with E-state index in [0.717, 1.165) is 52.8 Å². The molecule has 14 nitrogen and oxygen atoms in total. The number of fused-ring (bicyclic) bond motifs is 4. The molecule has 0 radical (unpaired) electrons. The van der Waals surface area contributed by atoms with Crippen LogP contribution in [0, 0.1) is 9.67 Å². The zero-order valence-corrected chi connectivity index (χ0v) is 36.5. The van der Waals surface area contributed by atoms with E-state index in [9.17, 15) is 9.59 Å². The summed E-state index contributed by atoms with van der Waals surface area (Å²) in [5.41, 5.74) is 1.77. The summed E-state index contributed by atoms with van der Waals surface area (Å²) >= 11 is 15.5. The number of thiazole rings is 2. The van der Waals surface area contributed by atoms with Gasteiger partial charge in [-0.2, -0.15) is 0 Å². The third-order valence-electron chi connectivity index (χ3n) is 10.7. The van der Waals surface area contributed by atoms with Gasteiger partial charge in [-0.1, -0.05) is 22.7 Å². The number of hydrogen-bond acceptors (Lipinski definition) is 16. The van der Waals surface area contributed by atoms with Crippen LogP contribution in [0.3, 0.4) is 0 Å². The molecular weight excluding hydrogens is 948 g/mol. The highest BCUT2D eigenvalue weighted by molar-refractivity contribution is 14.1. The Kier molecular flexibility index (Phi) is 10.2. The number of pyridine rings is 2. The first-order chi connectivity index (χ1) is 28.7. The predicted octanol–water partition coefficient (Wildman–Crippen LogP) is 10.1. The molecule has 19 heteroatoms. The van der Waals surface area contributed by atoms with Gasteiger partial charge in [0.25, 0.3) is 20.8 Å². The fraction of sp³-hybridized carbons (Fsp3) is 0.300. The van der Waals surface area contributed by atoms with Crippen molar-refractivity contribution in [2.45, 2.75) is 69.5 Å². The van der Waals surface area contributed by atoms with Gasteiger partial charge in [0.2, 0.25) is 21.4 Å². The summed E-state index contributed by atoms with van der Waals surface area (Å²) in [4.78, 5) is 46.1. The molecule has 10 rings (SSSR count). The average Bonchev–Trinajstić information content (AvgIpc) is 4.01. The number of ether oxygens (including phenoxy) is 3. The topological polar surface area (TPSA) is 159 Å². The first-order valence-electron chi connectivity index (χ1n) is 18.9. The highest BCUT2D eigenvalue weighted by atomic mass is 127. The lowest BCUT2D eigenvalue weighted by Gasteiger charge is -2.29. The molecule has 2 unspecified atom stereocenters. The molecule has 8 aromatic rings. The Morgan fingerprint density at radius 1 is 0.729 bits per heavy atom. The third-order valence-corrected chi connectivity index (χ3v) is 13.7. The molecule has 0 amide bonds. The molecule has 59 heavy (non-hydrogen) atoms. The fourth-order valence-corrected chi connectivity index (χ4v) is 10.8. The summed E-state index contributed by atoms with van der Waals surface area (Å²) in [5, 5.41) is 0.742. The number of nitrogens with zero attached hydrogens (tertiary/aromatic N) is 6. The smallest absolute Gasteiger partial charge is 0.290 e. The number of hydrogen-bond donors (Lipinski definition) is 0. The van der Waals surface area contributed by atoms with Crippen LogP contribution >= 0.6 is 70.1 Å². The Bertz CT molecular complexity index is 3210. The van der Waals surface area contributed by atoms with Crippen LogP contribution in [0.4, 0.5) is 0 Å². The maximum atomic E-state index is 14.2. The van der Waals surface area contributed by atoms with E-state index in [0.29, 0.717) is 45.1 Å². The molecule has 6 aromatic heterocycles. The molecule has 0 spiro atoms. The molecule has 2 fully saturated rings. The monoisotopic (exact) mass is 978 g/mol. The number of benzene rings is 2. The minimum Gasteiger partial charge on any atom is -0.493 e. The molecule has 0 N–H and O–H groups in total. The van der Waals surface area contributed by atoms with Gasteiger partial charge >= 0.3 is 0 Å². The summed E-state index contributed by atoms with van der Waals surface area (Å²) in [6, 6.07) is 14.8. The lowest BCUT2D eigenvalue weighted by molar-refractivity contribution is 0.143. The quantitative estimate of drug-likeness (QED) is 0.0993. The second-order valence-electron chi connectivity index (χ2n) is 14.4. The van der Waals surface area contributed by atoms with Crippen LogP contribution in [0.25, 0.3) is 52.9 Å². The van der Waals surface area contributed by atoms with Gasteiger partial charge in [-0.3, -0.25) is 9.59 Å². The lowest BCUT2D eigenvalue weighted by atomic mass is 9.84. The zero-order chi connectivity index (χ0) is 40.4. The van der Waals surface area contributed by atoms with Gasteiger partial charge in [-0.05, 0) is 112 Å². The lowest BCUT2D eigenvalue weighted by Crippen LogP contribution is -2.25. The number of aromatic nitrogens is 6. The minimum atomic E-state index is -0.454. The van der Waals surface area contributed by atoms with E-state index in [-0.39, 0.29) is 50.0 Å². The van der Waals surface area contributed by atoms with Gasteiger partial charge in [0.15, 0.2) is 45.5 Å². The molecule has 0 saturated heterocycles. The Morgan fingerprint density at radius 2 is 1.32 bits per heavy atom. The Labute approximate surface area is 366 Å². The highest BCUT2D eigenvalue weighted by Crippen LogP contribution is 2.39. The summed E-state index contributed by atoms with van der Waals surface area (Å²) in [6.45, 7) is 0. The maximum absolute atomic E-state index is 14.2. The largest absolute Gasteiger partial charge is 0.493 e. The van der Waals surface area contributed by atoms with Crippen LogP contribution in [0.1, 0.15) is 63.0 Å². The van der Waals surface area contributed by atoms with E-state index in [4.69, 9.17) is 60.5 Å². The van der Waals surface area contributed by atoms with Crippen LogP contribution in [-0.4, -0.2) is 48.4 Å². The van der Waals surface area contributed by atoms with Crippen molar-refractivity contribution < 1.29 is 26.1 Å². The molecule has 2 aliphatic carbocycles.